The molecule has 0 radical (unpaired) electrons. The first-order valence-electron chi connectivity index (χ1n) is 5.74. The van der Waals surface area contributed by atoms with Crippen LogP contribution in [0.4, 0.5) is 4.39 Å². The summed E-state index contributed by atoms with van der Waals surface area (Å²) in [6.45, 7) is 0.191. The second-order valence-electron chi connectivity index (χ2n) is 4.02. The molecule has 0 saturated carbocycles. The molecule has 0 spiro atoms. The lowest BCUT2D eigenvalue weighted by Gasteiger charge is -2.07. The first-order chi connectivity index (χ1) is 9.22. The normalized spacial score (nSPS) is 9.95. The van der Waals surface area contributed by atoms with Gasteiger partial charge in [0, 0.05) is 0 Å². The quantitative estimate of drug-likeness (QED) is 0.916. The summed E-state index contributed by atoms with van der Waals surface area (Å²) in [4.78, 5) is 0. The Bertz CT molecular complexity index is 620. The van der Waals surface area contributed by atoms with Gasteiger partial charge in [-0.25, -0.2) is 4.39 Å². The van der Waals surface area contributed by atoms with Crippen LogP contribution < -0.4 is 4.74 Å². The number of ether oxygens (including phenoxy) is 1. The Morgan fingerprint density at radius 2 is 2.00 bits per heavy atom. The molecule has 96 valence electrons. The highest BCUT2D eigenvalue weighted by Gasteiger charge is 2.03. The van der Waals surface area contributed by atoms with Crippen molar-refractivity contribution in [1.82, 2.24) is 0 Å². The molecule has 0 atom stereocenters. The van der Waals surface area contributed by atoms with Crippen LogP contribution in [0.15, 0.2) is 42.5 Å². The smallest absolute Gasteiger partial charge is 0.140 e. The van der Waals surface area contributed by atoms with E-state index >= 15 is 0 Å². The highest BCUT2D eigenvalue weighted by molar-refractivity contribution is 5.34. The first-order valence-corrected chi connectivity index (χ1v) is 5.74. The van der Waals surface area contributed by atoms with Gasteiger partial charge < -0.3 is 9.84 Å². The standard InChI is InChI=1S/C15H12FNO2/c16-15-5-4-12(6-13(15)8-17)10-19-14-3-1-2-11(7-14)9-18/h1-7,18H,9-10H2. The predicted molar refractivity (Wildman–Crippen MR) is 67.8 cm³/mol. The number of hydrogen-bond acceptors (Lipinski definition) is 3. The molecule has 1 N–H and O–H groups in total. The molecule has 0 amide bonds. The fourth-order valence-electron chi connectivity index (χ4n) is 1.65. The third kappa shape index (κ3) is 3.30. The third-order valence-electron chi connectivity index (χ3n) is 2.64. The van der Waals surface area contributed by atoms with E-state index in [2.05, 4.69) is 0 Å². The molecule has 0 aliphatic carbocycles. The van der Waals surface area contributed by atoms with E-state index in [1.54, 1.807) is 36.4 Å². The molecule has 0 aromatic heterocycles. The molecule has 4 heteroatoms. The van der Waals surface area contributed by atoms with Crippen molar-refractivity contribution in [3.63, 3.8) is 0 Å². The molecule has 0 saturated heterocycles. The molecule has 0 aliphatic heterocycles. The molecule has 2 aromatic rings. The van der Waals surface area contributed by atoms with Crippen molar-refractivity contribution >= 4 is 0 Å². The molecule has 2 aromatic carbocycles. The number of benzene rings is 2. The van der Waals surface area contributed by atoms with Crippen LogP contribution in [0, 0.1) is 17.1 Å². The maximum Gasteiger partial charge on any atom is 0.140 e. The Balaban J connectivity index is 2.08. The summed E-state index contributed by atoms with van der Waals surface area (Å²) in [6, 6.07) is 13.2. The minimum atomic E-state index is -0.534. The van der Waals surface area contributed by atoms with Crippen LogP contribution in [0.2, 0.25) is 0 Å². The molecular formula is C15H12FNO2. The number of aliphatic hydroxyl groups is 1. The predicted octanol–water partition coefficient (Wildman–Crippen LogP) is 2.77. The Kier molecular flexibility index (Phi) is 4.11. The number of nitriles is 1. The zero-order valence-electron chi connectivity index (χ0n) is 10.1. The number of nitrogens with zero attached hydrogens (tertiary/aromatic N) is 1. The number of hydrogen-bond donors (Lipinski definition) is 1. The number of halogens is 1. The van der Waals surface area contributed by atoms with Crippen LogP contribution in [0.25, 0.3) is 0 Å². The average molecular weight is 257 g/mol. The molecule has 2 rings (SSSR count). The Morgan fingerprint density at radius 3 is 2.74 bits per heavy atom. The van der Waals surface area contributed by atoms with E-state index in [9.17, 15) is 4.39 Å². The number of rotatable bonds is 4. The Hall–Kier alpha value is -2.38. The maximum atomic E-state index is 13.1. The van der Waals surface area contributed by atoms with Gasteiger partial charge in [-0.2, -0.15) is 5.26 Å². The van der Waals surface area contributed by atoms with Gasteiger partial charge >= 0.3 is 0 Å². The highest BCUT2D eigenvalue weighted by Crippen LogP contribution is 2.16. The lowest BCUT2D eigenvalue weighted by molar-refractivity contribution is 0.278. The largest absolute Gasteiger partial charge is 0.489 e. The minimum absolute atomic E-state index is 0.00482. The van der Waals surface area contributed by atoms with Crippen molar-refractivity contribution in [3.05, 3.63) is 65.0 Å². The van der Waals surface area contributed by atoms with Crippen molar-refractivity contribution in [1.29, 1.82) is 5.26 Å². The van der Waals surface area contributed by atoms with Crippen molar-refractivity contribution in [2.45, 2.75) is 13.2 Å². The van der Waals surface area contributed by atoms with Crippen LogP contribution in [-0.4, -0.2) is 5.11 Å². The second-order valence-corrected chi connectivity index (χ2v) is 4.02. The summed E-state index contributed by atoms with van der Waals surface area (Å²) >= 11 is 0. The molecule has 0 bridgehead atoms. The molecule has 0 heterocycles. The van der Waals surface area contributed by atoms with Crippen molar-refractivity contribution in [2.75, 3.05) is 0 Å². The summed E-state index contributed by atoms with van der Waals surface area (Å²) in [5.74, 6) is 0.0860. The molecule has 3 nitrogen and oxygen atoms in total. The Labute approximate surface area is 110 Å². The minimum Gasteiger partial charge on any atom is -0.489 e. The summed E-state index contributed by atoms with van der Waals surface area (Å²) in [5, 5.41) is 17.8. The monoisotopic (exact) mass is 257 g/mol. The fraction of sp³-hybridized carbons (Fsp3) is 0.133. The summed E-state index contributed by atoms with van der Waals surface area (Å²) in [6.07, 6.45) is 0. The molecule has 0 unspecified atom stereocenters. The van der Waals surface area contributed by atoms with Crippen LogP contribution in [0.1, 0.15) is 16.7 Å². The van der Waals surface area contributed by atoms with Crippen molar-refractivity contribution in [2.24, 2.45) is 0 Å². The van der Waals surface area contributed by atoms with Gasteiger partial charge in [0.05, 0.1) is 12.2 Å². The van der Waals surface area contributed by atoms with Crippen LogP contribution in [0.3, 0.4) is 0 Å². The first kappa shape index (κ1) is 13.1. The lowest BCUT2D eigenvalue weighted by atomic mass is 10.1. The zero-order valence-corrected chi connectivity index (χ0v) is 10.1. The fourth-order valence-corrected chi connectivity index (χ4v) is 1.65. The second kappa shape index (κ2) is 5.98. The van der Waals surface area contributed by atoms with Crippen LogP contribution in [-0.2, 0) is 13.2 Å². The summed E-state index contributed by atoms with van der Waals surface area (Å²) < 4.78 is 18.7. The van der Waals surface area contributed by atoms with Gasteiger partial charge in [0.1, 0.15) is 24.2 Å². The molecular weight excluding hydrogens is 245 g/mol. The molecule has 0 aliphatic rings. The summed E-state index contributed by atoms with van der Waals surface area (Å²) in [7, 11) is 0. The van der Waals surface area contributed by atoms with Gasteiger partial charge in [-0.1, -0.05) is 18.2 Å². The van der Waals surface area contributed by atoms with Gasteiger partial charge in [-0.3, -0.25) is 0 Å². The van der Waals surface area contributed by atoms with E-state index in [1.165, 1.54) is 12.1 Å². The topological polar surface area (TPSA) is 53.2 Å². The lowest BCUT2D eigenvalue weighted by Crippen LogP contribution is -1.97. The van der Waals surface area contributed by atoms with Gasteiger partial charge in [-0.05, 0) is 35.4 Å². The van der Waals surface area contributed by atoms with Gasteiger partial charge in [0.25, 0.3) is 0 Å². The van der Waals surface area contributed by atoms with Gasteiger partial charge in [0.2, 0.25) is 0 Å². The van der Waals surface area contributed by atoms with Crippen LogP contribution >= 0.6 is 0 Å². The van der Waals surface area contributed by atoms with E-state index < -0.39 is 5.82 Å². The number of aliphatic hydroxyl groups excluding tert-OH is 1. The zero-order chi connectivity index (χ0) is 13.7. The molecule has 0 fully saturated rings. The van der Waals surface area contributed by atoms with E-state index in [4.69, 9.17) is 15.1 Å². The van der Waals surface area contributed by atoms with E-state index in [-0.39, 0.29) is 18.8 Å². The average Bonchev–Trinajstić information content (AvgIpc) is 2.46. The van der Waals surface area contributed by atoms with Crippen molar-refractivity contribution in [3.8, 4) is 11.8 Å². The van der Waals surface area contributed by atoms with E-state index in [0.29, 0.717) is 11.3 Å². The van der Waals surface area contributed by atoms with Crippen molar-refractivity contribution < 1.29 is 14.2 Å². The highest BCUT2D eigenvalue weighted by atomic mass is 19.1. The van der Waals surface area contributed by atoms with Gasteiger partial charge in [-0.15, -0.1) is 0 Å². The maximum absolute atomic E-state index is 13.1. The van der Waals surface area contributed by atoms with Crippen LogP contribution in [0.5, 0.6) is 5.75 Å². The summed E-state index contributed by atoms with van der Waals surface area (Å²) in [5.41, 5.74) is 1.48. The van der Waals surface area contributed by atoms with E-state index in [0.717, 1.165) is 5.56 Å². The third-order valence-corrected chi connectivity index (χ3v) is 2.64. The molecule has 19 heavy (non-hydrogen) atoms. The van der Waals surface area contributed by atoms with Gasteiger partial charge in [0.15, 0.2) is 0 Å². The van der Waals surface area contributed by atoms with E-state index in [1.807, 2.05) is 0 Å². The SMILES string of the molecule is N#Cc1cc(COc2cccc(CO)c2)ccc1F. The Morgan fingerprint density at radius 1 is 1.16 bits per heavy atom.